The quantitative estimate of drug-likeness (QED) is 0.658. The molecule has 31 heavy (non-hydrogen) atoms. The molecule has 1 N–H and O–H groups in total. The Kier molecular flexibility index (Phi) is 5.61. The molecule has 3 aromatic rings. The van der Waals surface area contributed by atoms with Crippen LogP contribution in [0.3, 0.4) is 0 Å². The highest BCUT2D eigenvalue weighted by Crippen LogP contribution is 2.31. The van der Waals surface area contributed by atoms with Crippen LogP contribution in [0.25, 0.3) is 11.1 Å². The summed E-state index contributed by atoms with van der Waals surface area (Å²) in [6.07, 6.45) is 0.146. The Balaban J connectivity index is 1.63. The zero-order valence-electron chi connectivity index (χ0n) is 17.0. The second-order valence-electron chi connectivity index (χ2n) is 7.46. The third kappa shape index (κ3) is 4.09. The van der Waals surface area contributed by atoms with Crippen LogP contribution in [0, 0.1) is 6.92 Å². The molecule has 2 amide bonds. The summed E-state index contributed by atoms with van der Waals surface area (Å²) in [6, 6.07) is 22.0. The van der Waals surface area contributed by atoms with Gasteiger partial charge in [0.25, 0.3) is 10.0 Å². The van der Waals surface area contributed by atoms with Crippen LogP contribution in [-0.2, 0) is 19.6 Å². The lowest BCUT2D eigenvalue weighted by Gasteiger charge is -2.24. The maximum absolute atomic E-state index is 13.1. The van der Waals surface area contributed by atoms with Gasteiger partial charge in [0.05, 0.1) is 4.90 Å². The Morgan fingerprint density at radius 3 is 2.29 bits per heavy atom. The second kappa shape index (κ2) is 8.35. The van der Waals surface area contributed by atoms with Crippen molar-refractivity contribution in [2.75, 3.05) is 5.32 Å². The number of hydrogen-bond acceptors (Lipinski definition) is 4. The average Bonchev–Trinajstić information content (AvgIpc) is 3.17. The van der Waals surface area contributed by atoms with Crippen LogP contribution in [0.5, 0.6) is 0 Å². The summed E-state index contributed by atoms with van der Waals surface area (Å²) in [5.74, 6) is -1.10. The van der Waals surface area contributed by atoms with E-state index in [4.69, 9.17) is 0 Å². The number of anilines is 1. The van der Waals surface area contributed by atoms with Crippen LogP contribution in [-0.4, -0.2) is 30.6 Å². The van der Waals surface area contributed by atoms with Crippen LogP contribution in [0.1, 0.15) is 18.4 Å². The van der Waals surface area contributed by atoms with Gasteiger partial charge in [0, 0.05) is 17.7 Å². The number of nitrogens with zero attached hydrogens (tertiary/aromatic N) is 1. The third-order valence-electron chi connectivity index (χ3n) is 5.31. The van der Waals surface area contributed by atoms with Crippen molar-refractivity contribution >= 4 is 27.5 Å². The van der Waals surface area contributed by atoms with Gasteiger partial charge < -0.3 is 5.32 Å². The summed E-state index contributed by atoms with van der Waals surface area (Å²) in [7, 11) is -4.13. The van der Waals surface area contributed by atoms with Crippen molar-refractivity contribution in [1.82, 2.24) is 4.31 Å². The number of hydrogen-bond donors (Lipinski definition) is 1. The van der Waals surface area contributed by atoms with E-state index in [-0.39, 0.29) is 17.7 Å². The number of amides is 2. The molecule has 1 atom stereocenters. The van der Waals surface area contributed by atoms with Crippen molar-refractivity contribution in [2.45, 2.75) is 30.7 Å². The standard InChI is InChI=1S/C24H22N2O4S/c1-17-11-13-19(14-12-17)31(29,30)26-22(15-16-23(26)27)24(28)25-21-10-6-5-9-20(21)18-7-3-2-4-8-18/h2-14,22H,15-16H2,1H3,(H,25,28)/t22-/m1/s1. The molecule has 1 saturated heterocycles. The van der Waals surface area contributed by atoms with Crippen molar-refractivity contribution in [2.24, 2.45) is 0 Å². The van der Waals surface area contributed by atoms with Gasteiger partial charge in [-0.15, -0.1) is 0 Å². The molecule has 3 aromatic carbocycles. The van der Waals surface area contributed by atoms with Crippen LogP contribution < -0.4 is 5.32 Å². The fourth-order valence-electron chi connectivity index (χ4n) is 3.70. The Morgan fingerprint density at radius 2 is 1.58 bits per heavy atom. The zero-order valence-corrected chi connectivity index (χ0v) is 17.8. The molecule has 0 aromatic heterocycles. The maximum atomic E-state index is 13.1. The van der Waals surface area contributed by atoms with Gasteiger partial charge >= 0.3 is 0 Å². The Labute approximate surface area is 181 Å². The molecule has 158 valence electrons. The molecule has 1 heterocycles. The van der Waals surface area contributed by atoms with Crippen molar-refractivity contribution in [3.05, 3.63) is 84.4 Å². The molecule has 0 bridgehead atoms. The van der Waals surface area contributed by atoms with E-state index >= 15 is 0 Å². The lowest BCUT2D eigenvalue weighted by molar-refractivity contribution is -0.128. The first-order valence-electron chi connectivity index (χ1n) is 9.97. The van der Waals surface area contributed by atoms with Crippen molar-refractivity contribution in [3.8, 4) is 11.1 Å². The minimum absolute atomic E-state index is 0.00348. The third-order valence-corrected chi connectivity index (χ3v) is 7.15. The first-order valence-corrected chi connectivity index (χ1v) is 11.4. The van der Waals surface area contributed by atoms with Gasteiger partial charge in [0.1, 0.15) is 6.04 Å². The van der Waals surface area contributed by atoms with Crippen molar-refractivity contribution < 1.29 is 18.0 Å². The highest BCUT2D eigenvalue weighted by molar-refractivity contribution is 7.89. The van der Waals surface area contributed by atoms with E-state index in [1.54, 1.807) is 24.3 Å². The SMILES string of the molecule is Cc1ccc(S(=O)(=O)N2C(=O)CC[C@@H]2C(=O)Nc2ccccc2-c2ccccc2)cc1. The molecule has 0 aliphatic carbocycles. The zero-order chi connectivity index (χ0) is 22.0. The van der Waals surface area contributed by atoms with Crippen molar-refractivity contribution in [1.29, 1.82) is 0 Å². The number of sulfonamides is 1. The van der Waals surface area contributed by atoms with E-state index in [0.717, 1.165) is 21.0 Å². The van der Waals surface area contributed by atoms with E-state index in [1.807, 2.05) is 49.4 Å². The molecule has 0 spiro atoms. The monoisotopic (exact) mass is 434 g/mol. The molecular formula is C24H22N2O4S. The predicted octanol–water partition coefficient (Wildman–Crippen LogP) is 3.98. The minimum atomic E-state index is -4.13. The molecular weight excluding hydrogens is 412 g/mol. The van der Waals surface area contributed by atoms with Crippen LogP contribution in [0.2, 0.25) is 0 Å². The summed E-state index contributed by atoms with van der Waals surface area (Å²) in [5, 5.41) is 2.84. The van der Waals surface area contributed by atoms with Gasteiger partial charge in [-0.3, -0.25) is 9.59 Å². The fourth-order valence-corrected chi connectivity index (χ4v) is 5.30. The van der Waals surface area contributed by atoms with Gasteiger partial charge in [0.2, 0.25) is 11.8 Å². The lowest BCUT2D eigenvalue weighted by atomic mass is 10.0. The Morgan fingerprint density at radius 1 is 0.935 bits per heavy atom. The van der Waals surface area contributed by atoms with Crippen LogP contribution in [0.4, 0.5) is 5.69 Å². The smallest absolute Gasteiger partial charge is 0.267 e. The number of carbonyl (C=O) groups excluding carboxylic acids is 2. The normalized spacial score (nSPS) is 16.4. The Bertz CT molecular complexity index is 1220. The van der Waals surface area contributed by atoms with E-state index in [9.17, 15) is 18.0 Å². The average molecular weight is 435 g/mol. The topological polar surface area (TPSA) is 83.6 Å². The van der Waals surface area contributed by atoms with E-state index in [2.05, 4.69) is 5.32 Å². The molecule has 7 heteroatoms. The fraction of sp³-hybridized carbons (Fsp3) is 0.167. The van der Waals surface area contributed by atoms with Gasteiger partial charge in [-0.25, -0.2) is 12.7 Å². The molecule has 0 radical (unpaired) electrons. The number of aryl methyl sites for hydroxylation is 1. The molecule has 6 nitrogen and oxygen atoms in total. The molecule has 4 rings (SSSR count). The maximum Gasteiger partial charge on any atom is 0.267 e. The van der Waals surface area contributed by atoms with Gasteiger partial charge in [-0.1, -0.05) is 66.2 Å². The lowest BCUT2D eigenvalue weighted by Crippen LogP contribution is -2.45. The van der Waals surface area contributed by atoms with Gasteiger partial charge in [-0.2, -0.15) is 0 Å². The highest BCUT2D eigenvalue weighted by Gasteiger charge is 2.44. The summed E-state index contributed by atoms with van der Waals surface area (Å²) in [5.41, 5.74) is 3.20. The van der Waals surface area contributed by atoms with Gasteiger partial charge in [0.15, 0.2) is 0 Å². The van der Waals surface area contributed by atoms with Gasteiger partial charge in [-0.05, 0) is 37.1 Å². The number of nitrogens with one attached hydrogen (secondary N) is 1. The predicted molar refractivity (Wildman–Crippen MR) is 119 cm³/mol. The molecule has 0 unspecified atom stereocenters. The first-order chi connectivity index (χ1) is 14.9. The molecule has 0 saturated carbocycles. The number of para-hydroxylation sites is 1. The van der Waals surface area contributed by atoms with Crippen LogP contribution in [0.15, 0.2) is 83.8 Å². The first kappa shape index (κ1) is 20.8. The number of rotatable bonds is 5. The largest absolute Gasteiger partial charge is 0.324 e. The number of carbonyl (C=O) groups is 2. The molecule has 1 aliphatic rings. The van der Waals surface area contributed by atoms with E-state index in [1.165, 1.54) is 12.1 Å². The minimum Gasteiger partial charge on any atom is -0.324 e. The number of benzene rings is 3. The Hall–Kier alpha value is -3.45. The summed E-state index contributed by atoms with van der Waals surface area (Å²) in [6.45, 7) is 1.85. The van der Waals surface area contributed by atoms with E-state index in [0.29, 0.717) is 5.69 Å². The summed E-state index contributed by atoms with van der Waals surface area (Å²) >= 11 is 0. The second-order valence-corrected chi connectivity index (χ2v) is 9.28. The molecule has 1 aliphatic heterocycles. The molecule has 1 fully saturated rings. The van der Waals surface area contributed by atoms with Crippen molar-refractivity contribution in [3.63, 3.8) is 0 Å². The highest BCUT2D eigenvalue weighted by atomic mass is 32.2. The summed E-state index contributed by atoms with van der Waals surface area (Å²) < 4.78 is 27.0. The summed E-state index contributed by atoms with van der Waals surface area (Å²) in [4.78, 5) is 25.6. The van der Waals surface area contributed by atoms with Crippen LogP contribution >= 0.6 is 0 Å². The van der Waals surface area contributed by atoms with E-state index < -0.39 is 27.9 Å².